The highest BCUT2D eigenvalue weighted by Gasteiger charge is 2.39. The normalized spacial score (nSPS) is 32.4. The van der Waals surface area contributed by atoms with Crippen molar-refractivity contribution in [3.8, 4) is 0 Å². The Bertz CT molecular complexity index is 269. The highest BCUT2D eigenvalue weighted by Crippen LogP contribution is 2.26. The first-order chi connectivity index (χ1) is 8.12. The smallest absolute Gasteiger partial charge is 0.242 e. The van der Waals surface area contributed by atoms with Gasteiger partial charge in [-0.2, -0.15) is 0 Å². The predicted octanol–water partition coefficient (Wildman–Crippen LogP) is 1.19. The Morgan fingerprint density at radius 3 is 2.71 bits per heavy atom. The molecule has 2 aliphatic rings. The summed E-state index contributed by atoms with van der Waals surface area (Å²) in [5.74, 6) is 0.590. The first-order valence-corrected chi connectivity index (χ1v) is 6.79. The fourth-order valence-corrected chi connectivity index (χ4v) is 2.86. The van der Waals surface area contributed by atoms with Crippen LogP contribution in [-0.2, 0) is 9.53 Å². The largest absolute Gasteiger partial charge is 0.379 e. The first kappa shape index (κ1) is 12.8. The van der Waals surface area contributed by atoms with Gasteiger partial charge < -0.3 is 15.8 Å². The maximum Gasteiger partial charge on any atom is 0.242 e. The molecule has 4 heteroatoms. The maximum absolute atomic E-state index is 12.1. The quantitative estimate of drug-likeness (QED) is 0.779. The second-order valence-electron chi connectivity index (χ2n) is 5.62. The molecule has 1 unspecified atom stereocenters. The van der Waals surface area contributed by atoms with Crippen LogP contribution in [0.2, 0.25) is 0 Å². The van der Waals surface area contributed by atoms with Gasteiger partial charge in [-0.3, -0.25) is 4.79 Å². The molecule has 98 valence electrons. The van der Waals surface area contributed by atoms with Crippen molar-refractivity contribution in [1.82, 2.24) is 5.32 Å². The highest BCUT2D eigenvalue weighted by atomic mass is 16.5. The van der Waals surface area contributed by atoms with Gasteiger partial charge in [-0.1, -0.05) is 19.3 Å². The minimum atomic E-state index is -0.789. The van der Waals surface area contributed by atoms with E-state index in [-0.39, 0.29) is 11.9 Å². The van der Waals surface area contributed by atoms with Crippen LogP contribution in [0.5, 0.6) is 0 Å². The number of ether oxygens (including phenoxy) is 1. The second-order valence-corrected chi connectivity index (χ2v) is 5.62. The third-order valence-corrected chi connectivity index (χ3v) is 4.22. The lowest BCUT2D eigenvalue weighted by Crippen LogP contribution is -2.57. The number of nitrogens with two attached hydrogens (primary N) is 1. The van der Waals surface area contributed by atoms with Crippen LogP contribution in [-0.4, -0.2) is 30.7 Å². The summed E-state index contributed by atoms with van der Waals surface area (Å²) in [6, 6.07) is 0.240. The van der Waals surface area contributed by atoms with Crippen LogP contribution in [0.25, 0.3) is 0 Å². The molecule has 1 heterocycles. The first-order valence-electron chi connectivity index (χ1n) is 6.79. The molecule has 0 aromatic carbocycles. The molecule has 2 atom stereocenters. The minimum absolute atomic E-state index is 0.0342. The molecule has 4 nitrogen and oxygen atoms in total. The number of nitrogens with one attached hydrogen (secondary N) is 1. The zero-order chi connectivity index (χ0) is 12.3. The number of carbonyl (C=O) groups excluding carboxylic acids is 1. The number of rotatable bonds is 3. The number of carbonyl (C=O) groups is 1. The fraction of sp³-hybridized carbons (Fsp3) is 0.923. The van der Waals surface area contributed by atoms with E-state index in [1.807, 2.05) is 0 Å². The molecule has 3 N–H and O–H groups in total. The monoisotopic (exact) mass is 240 g/mol. The average molecular weight is 240 g/mol. The number of hydrogen-bond acceptors (Lipinski definition) is 3. The zero-order valence-corrected chi connectivity index (χ0v) is 10.7. The predicted molar refractivity (Wildman–Crippen MR) is 66.5 cm³/mol. The standard InChI is InChI=1S/C13H24N2O2/c1-10(11-5-3-2-4-6-11)15-12(16)13(14)7-8-17-9-13/h10-11H,2-9,14H2,1H3,(H,15,16)/t10-,13?/m1/s1. The van der Waals surface area contributed by atoms with Crippen LogP contribution < -0.4 is 11.1 Å². The van der Waals surface area contributed by atoms with Crippen molar-refractivity contribution in [2.45, 2.75) is 57.0 Å². The summed E-state index contributed by atoms with van der Waals surface area (Å²) in [4.78, 5) is 12.1. The van der Waals surface area contributed by atoms with Gasteiger partial charge in [-0.25, -0.2) is 0 Å². The topological polar surface area (TPSA) is 64.4 Å². The van der Waals surface area contributed by atoms with Gasteiger partial charge in [-0.15, -0.1) is 0 Å². The zero-order valence-electron chi connectivity index (χ0n) is 10.7. The van der Waals surface area contributed by atoms with E-state index in [1.165, 1.54) is 32.1 Å². The Morgan fingerprint density at radius 2 is 2.12 bits per heavy atom. The molecule has 2 fully saturated rings. The highest BCUT2D eigenvalue weighted by molar-refractivity contribution is 5.86. The van der Waals surface area contributed by atoms with Crippen LogP contribution in [0.4, 0.5) is 0 Å². The molecular weight excluding hydrogens is 216 g/mol. The van der Waals surface area contributed by atoms with Crippen molar-refractivity contribution < 1.29 is 9.53 Å². The molecule has 2 rings (SSSR count). The van der Waals surface area contributed by atoms with E-state index in [1.54, 1.807) is 0 Å². The van der Waals surface area contributed by atoms with Crippen LogP contribution in [0, 0.1) is 5.92 Å². The summed E-state index contributed by atoms with van der Waals surface area (Å²) in [5.41, 5.74) is 5.25. The number of hydrogen-bond donors (Lipinski definition) is 2. The second kappa shape index (κ2) is 5.36. The molecule has 17 heavy (non-hydrogen) atoms. The van der Waals surface area contributed by atoms with Gasteiger partial charge in [0, 0.05) is 12.6 Å². The minimum Gasteiger partial charge on any atom is -0.379 e. The maximum atomic E-state index is 12.1. The molecule has 0 aromatic heterocycles. The Kier molecular flexibility index (Phi) is 4.05. The van der Waals surface area contributed by atoms with Gasteiger partial charge in [-0.05, 0) is 32.1 Å². The summed E-state index contributed by atoms with van der Waals surface area (Å²) in [6.45, 7) is 3.06. The van der Waals surface area contributed by atoms with Gasteiger partial charge in [0.1, 0.15) is 5.54 Å². The summed E-state index contributed by atoms with van der Waals surface area (Å²) in [5, 5.41) is 3.09. The van der Waals surface area contributed by atoms with E-state index in [4.69, 9.17) is 10.5 Å². The third-order valence-electron chi connectivity index (χ3n) is 4.22. The van der Waals surface area contributed by atoms with Crippen molar-refractivity contribution in [1.29, 1.82) is 0 Å². The van der Waals surface area contributed by atoms with Gasteiger partial charge in [0.15, 0.2) is 0 Å². The molecule has 1 amide bonds. The lowest BCUT2D eigenvalue weighted by molar-refractivity contribution is -0.127. The summed E-state index contributed by atoms with van der Waals surface area (Å²) in [6.07, 6.45) is 7.02. The van der Waals surface area contributed by atoms with E-state index in [9.17, 15) is 4.79 Å². The van der Waals surface area contributed by atoms with E-state index in [2.05, 4.69) is 12.2 Å². The van der Waals surface area contributed by atoms with E-state index in [0.29, 0.717) is 25.6 Å². The van der Waals surface area contributed by atoms with E-state index < -0.39 is 5.54 Å². The Morgan fingerprint density at radius 1 is 1.41 bits per heavy atom. The van der Waals surface area contributed by atoms with Crippen molar-refractivity contribution in [3.05, 3.63) is 0 Å². The van der Waals surface area contributed by atoms with Gasteiger partial charge in [0.2, 0.25) is 5.91 Å². The van der Waals surface area contributed by atoms with Gasteiger partial charge in [0.05, 0.1) is 6.61 Å². The average Bonchev–Trinajstić information content (AvgIpc) is 2.78. The lowest BCUT2D eigenvalue weighted by Gasteiger charge is -2.31. The summed E-state index contributed by atoms with van der Waals surface area (Å²) < 4.78 is 5.22. The third kappa shape index (κ3) is 2.99. The van der Waals surface area contributed by atoms with Gasteiger partial charge >= 0.3 is 0 Å². The van der Waals surface area contributed by atoms with Crippen molar-refractivity contribution in [3.63, 3.8) is 0 Å². The van der Waals surface area contributed by atoms with Crippen molar-refractivity contribution in [2.75, 3.05) is 13.2 Å². The van der Waals surface area contributed by atoms with Crippen LogP contribution in [0.15, 0.2) is 0 Å². The Hall–Kier alpha value is -0.610. The Balaban J connectivity index is 1.84. The number of amides is 1. The van der Waals surface area contributed by atoms with Crippen molar-refractivity contribution in [2.24, 2.45) is 11.7 Å². The van der Waals surface area contributed by atoms with Gasteiger partial charge in [0.25, 0.3) is 0 Å². The fourth-order valence-electron chi connectivity index (χ4n) is 2.86. The summed E-state index contributed by atoms with van der Waals surface area (Å²) >= 11 is 0. The van der Waals surface area contributed by atoms with E-state index in [0.717, 1.165) is 0 Å². The lowest BCUT2D eigenvalue weighted by atomic mass is 9.84. The molecule has 1 aliphatic heterocycles. The molecule has 1 saturated carbocycles. The molecule has 1 saturated heterocycles. The molecule has 0 radical (unpaired) electrons. The molecule has 0 aromatic rings. The van der Waals surface area contributed by atoms with Crippen molar-refractivity contribution >= 4 is 5.91 Å². The van der Waals surface area contributed by atoms with Crippen LogP contribution in [0.1, 0.15) is 45.4 Å². The molecule has 0 bridgehead atoms. The molecular formula is C13H24N2O2. The summed E-state index contributed by atoms with van der Waals surface area (Å²) in [7, 11) is 0. The molecule has 0 spiro atoms. The van der Waals surface area contributed by atoms with Crippen LogP contribution >= 0.6 is 0 Å². The van der Waals surface area contributed by atoms with Crippen LogP contribution in [0.3, 0.4) is 0 Å². The molecule has 1 aliphatic carbocycles. The SMILES string of the molecule is C[C@@H](NC(=O)C1(N)CCOC1)C1CCCCC1. The Labute approximate surface area is 103 Å². The van der Waals surface area contributed by atoms with E-state index >= 15 is 0 Å².